The van der Waals surface area contributed by atoms with E-state index in [1.54, 1.807) is 7.11 Å². The summed E-state index contributed by atoms with van der Waals surface area (Å²) in [6.45, 7) is 6.75. The van der Waals surface area contributed by atoms with E-state index in [1.165, 1.54) is 18.5 Å². The summed E-state index contributed by atoms with van der Waals surface area (Å²) in [5.41, 5.74) is 1.27. The molecule has 1 heterocycles. The second-order valence-corrected chi connectivity index (χ2v) is 5.23. The molecule has 0 radical (unpaired) electrons. The van der Waals surface area contributed by atoms with Gasteiger partial charge in [-0.2, -0.15) is 0 Å². The molecule has 0 spiro atoms. The normalized spacial score (nSPS) is 25.4. The first-order valence-electron chi connectivity index (χ1n) is 6.84. The molecule has 0 aromatic heterocycles. The Morgan fingerprint density at radius 3 is 2.44 bits per heavy atom. The van der Waals surface area contributed by atoms with Gasteiger partial charge in [0, 0.05) is 36.9 Å². The van der Waals surface area contributed by atoms with Gasteiger partial charge in [-0.3, -0.25) is 0 Å². The van der Waals surface area contributed by atoms with Gasteiger partial charge in [-0.25, -0.2) is 0 Å². The van der Waals surface area contributed by atoms with Crippen LogP contribution in [0.5, 0.6) is 5.75 Å². The Labute approximate surface area is 110 Å². The average Bonchev–Trinajstić information content (AvgIpc) is 2.36. The number of methoxy groups -OCH3 is 1. The van der Waals surface area contributed by atoms with Crippen molar-refractivity contribution in [2.24, 2.45) is 0 Å². The number of nitrogens with zero attached hydrogens (tertiary/aromatic N) is 1. The minimum Gasteiger partial charge on any atom is -0.497 e. The Balaban J connectivity index is 2.09. The maximum absolute atomic E-state index is 5.30. The van der Waals surface area contributed by atoms with Crippen molar-refractivity contribution < 1.29 is 4.74 Å². The van der Waals surface area contributed by atoms with Crippen molar-refractivity contribution in [3.63, 3.8) is 0 Å². The molecular weight excluding hydrogens is 224 g/mol. The van der Waals surface area contributed by atoms with E-state index in [9.17, 15) is 0 Å². The third-order valence-electron chi connectivity index (χ3n) is 3.65. The number of ether oxygens (including phenoxy) is 1. The quantitative estimate of drug-likeness (QED) is 0.871. The Hall–Kier alpha value is -1.22. The van der Waals surface area contributed by atoms with E-state index < -0.39 is 0 Å². The van der Waals surface area contributed by atoms with Crippen LogP contribution in [-0.2, 0) is 0 Å². The molecule has 3 heteroatoms. The zero-order chi connectivity index (χ0) is 13.0. The Kier molecular flexibility index (Phi) is 4.48. The lowest BCUT2D eigenvalue weighted by molar-refractivity contribution is 0.402. The molecule has 1 fully saturated rings. The van der Waals surface area contributed by atoms with Crippen molar-refractivity contribution in [2.75, 3.05) is 25.1 Å². The summed E-state index contributed by atoms with van der Waals surface area (Å²) in [6, 6.07) is 9.55. The van der Waals surface area contributed by atoms with Crippen LogP contribution >= 0.6 is 0 Å². The number of anilines is 1. The Morgan fingerprint density at radius 2 is 1.83 bits per heavy atom. The van der Waals surface area contributed by atoms with E-state index in [0.29, 0.717) is 12.1 Å². The first-order chi connectivity index (χ1) is 8.69. The van der Waals surface area contributed by atoms with Crippen LogP contribution in [0.25, 0.3) is 0 Å². The second kappa shape index (κ2) is 6.10. The van der Waals surface area contributed by atoms with Crippen molar-refractivity contribution in [1.29, 1.82) is 0 Å². The van der Waals surface area contributed by atoms with E-state index in [4.69, 9.17) is 4.74 Å². The van der Waals surface area contributed by atoms with Gasteiger partial charge in [0.05, 0.1) is 7.11 Å². The topological polar surface area (TPSA) is 24.5 Å². The summed E-state index contributed by atoms with van der Waals surface area (Å²) in [5, 5.41) is 3.62. The zero-order valence-corrected chi connectivity index (χ0v) is 11.6. The monoisotopic (exact) mass is 248 g/mol. The van der Waals surface area contributed by atoms with Crippen molar-refractivity contribution in [1.82, 2.24) is 5.32 Å². The molecule has 18 heavy (non-hydrogen) atoms. The number of benzene rings is 1. The lowest BCUT2D eigenvalue weighted by Crippen LogP contribution is -2.43. The molecular formula is C15H24N2O. The minimum absolute atomic E-state index is 0.591. The van der Waals surface area contributed by atoms with Crippen LogP contribution in [0.3, 0.4) is 0 Å². The van der Waals surface area contributed by atoms with Crippen molar-refractivity contribution >= 4 is 5.69 Å². The van der Waals surface area contributed by atoms with Crippen LogP contribution in [0.4, 0.5) is 5.69 Å². The van der Waals surface area contributed by atoms with Crippen LogP contribution in [0, 0.1) is 0 Å². The maximum Gasteiger partial charge on any atom is 0.120 e. The summed E-state index contributed by atoms with van der Waals surface area (Å²) in [7, 11) is 1.72. The number of hydrogen-bond donors (Lipinski definition) is 1. The molecule has 2 atom stereocenters. The van der Waals surface area contributed by atoms with Gasteiger partial charge in [-0.15, -0.1) is 0 Å². The summed E-state index contributed by atoms with van der Waals surface area (Å²) >= 11 is 0. The highest BCUT2D eigenvalue weighted by Crippen LogP contribution is 2.22. The predicted molar refractivity (Wildman–Crippen MR) is 76.5 cm³/mol. The van der Waals surface area contributed by atoms with Crippen molar-refractivity contribution in [2.45, 2.75) is 38.8 Å². The van der Waals surface area contributed by atoms with Gasteiger partial charge in [0.15, 0.2) is 0 Å². The van der Waals surface area contributed by atoms with Gasteiger partial charge in [0.1, 0.15) is 5.75 Å². The third kappa shape index (κ3) is 3.39. The fourth-order valence-corrected chi connectivity index (χ4v) is 2.53. The number of hydrogen-bond acceptors (Lipinski definition) is 3. The zero-order valence-electron chi connectivity index (χ0n) is 11.6. The molecule has 1 N–H and O–H groups in total. The van der Waals surface area contributed by atoms with E-state index >= 15 is 0 Å². The Bertz CT molecular complexity index is 369. The second-order valence-electron chi connectivity index (χ2n) is 5.23. The molecule has 0 amide bonds. The molecule has 100 valence electrons. The molecule has 1 saturated heterocycles. The molecule has 2 rings (SSSR count). The Morgan fingerprint density at radius 1 is 1.17 bits per heavy atom. The summed E-state index contributed by atoms with van der Waals surface area (Å²) in [6.07, 6.45) is 2.36. The standard InChI is InChI=1S/C15H24N2O/c1-12-7-9-17(10-8-13(2)16-12)14-5-4-6-15(11-14)18-3/h4-6,11-13,16H,7-10H2,1-3H3. The van der Waals surface area contributed by atoms with Crippen molar-refractivity contribution in [3.8, 4) is 5.75 Å². The van der Waals surface area contributed by atoms with Gasteiger partial charge < -0.3 is 15.0 Å². The number of rotatable bonds is 2. The molecule has 0 aliphatic carbocycles. The van der Waals surface area contributed by atoms with E-state index in [1.807, 2.05) is 6.07 Å². The molecule has 1 aromatic rings. The van der Waals surface area contributed by atoms with Gasteiger partial charge >= 0.3 is 0 Å². The van der Waals surface area contributed by atoms with Gasteiger partial charge in [0.25, 0.3) is 0 Å². The molecule has 1 aliphatic rings. The SMILES string of the molecule is COc1cccc(N2CCC(C)NC(C)CC2)c1. The highest BCUT2D eigenvalue weighted by molar-refractivity contribution is 5.50. The van der Waals surface area contributed by atoms with E-state index in [2.05, 4.69) is 42.3 Å². The van der Waals surface area contributed by atoms with E-state index in [0.717, 1.165) is 18.8 Å². The van der Waals surface area contributed by atoms with Crippen molar-refractivity contribution in [3.05, 3.63) is 24.3 Å². The molecule has 1 aromatic carbocycles. The van der Waals surface area contributed by atoms with Crippen LogP contribution in [0.1, 0.15) is 26.7 Å². The fourth-order valence-electron chi connectivity index (χ4n) is 2.53. The van der Waals surface area contributed by atoms with E-state index in [-0.39, 0.29) is 0 Å². The first kappa shape index (κ1) is 13.2. The van der Waals surface area contributed by atoms with Gasteiger partial charge in [0.2, 0.25) is 0 Å². The summed E-state index contributed by atoms with van der Waals surface area (Å²) in [5.74, 6) is 0.939. The number of nitrogens with one attached hydrogen (secondary N) is 1. The predicted octanol–water partition coefficient (Wildman–Crippen LogP) is 2.66. The van der Waals surface area contributed by atoms with Crippen LogP contribution in [0.2, 0.25) is 0 Å². The summed E-state index contributed by atoms with van der Waals surface area (Å²) in [4.78, 5) is 2.47. The lowest BCUT2D eigenvalue weighted by Gasteiger charge is -2.32. The minimum atomic E-state index is 0.591. The maximum atomic E-state index is 5.30. The van der Waals surface area contributed by atoms with Crippen LogP contribution in [0.15, 0.2) is 24.3 Å². The lowest BCUT2D eigenvalue weighted by atomic mass is 10.1. The molecule has 2 unspecified atom stereocenters. The van der Waals surface area contributed by atoms with Crippen LogP contribution in [-0.4, -0.2) is 32.3 Å². The largest absolute Gasteiger partial charge is 0.497 e. The van der Waals surface area contributed by atoms with Crippen LogP contribution < -0.4 is 15.0 Å². The fraction of sp³-hybridized carbons (Fsp3) is 0.600. The molecule has 1 aliphatic heterocycles. The van der Waals surface area contributed by atoms with Gasteiger partial charge in [-0.05, 0) is 38.8 Å². The van der Waals surface area contributed by atoms with Gasteiger partial charge in [-0.1, -0.05) is 6.07 Å². The highest BCUT2D eigenvalue weighted by atomic mass is 16.5. The molecule has 3 nitrogen and oxygen atoms in total. The highest BCUT2D eigenvalue weighted by Gasteiger charge is 2.16. The smallest absolute Gasteiger partial charge is 0.120 e. The molecule has 0 saturated carbocycles. The first-order valence-corrected chi connectivity index (χ1v) is 6.84. The average molecular weight is 248 g/mol. The third-order valence-corrected chi connectivity index (χ3v) is 3.65. The molecule has 0 bridgehead atoms. The summed E-state index contributed by atoms with van der Waals surface area (Å²) < 4.78 is 5.30.